The molecular weight excluding hydrogens is 388 g/mol. The Hall–Kier alpha value is -3.44. The molecule has 144 valence electrons. The number of nitrogens with zero attached hydrogens (tertiary/aromatic N) is 2. The van der Waals surface area contributed by atoms with Gasteiger partial charge >= 0.3 is 0 Å². The van der Waals surface area contributed by atoms with Gasteiger partial charge in [-0.05, 0) is 67.1 Å². The van der Waals surface area contributed by atoms with Crippen LogP contribution in [0.1, 0.15) is 27.2 Å². The monoisotopic (exact) mass is 404 g/mol. The molecule has 2 aromatic carbocycles. The topological polar surface area (TPSA) is 60.7 Å². The number of fused-ring (bicyclic) bond motifs is 1. The van der Waals surface area contributed by atoms with Gasteiger partial charge < -0.3 is 4.74 Å². The predicted octanol–water partition coefficient (Wildman–Crippen LogP) is 4.47. The Kier molecular flexibility index (Phi) is 5.14. The SMILES string of the molecule is Cc1cccn2c(=O)cc(COc3ccc(C(=O)c4ccc(Cl)cc4)cc3)nc12. The Morgan fingerprint density at radius 2 is 1.69 bits per heavy atom. The average molecular weight is 405 g/mol. The van der Waals surface area contributed by atoms with E-state index in [1.54, 1.807) is 54.7 Å². The van der Waals surface area contributed by atoms with Crippen LogP contribution in [0.2, 0.25) is 5.02 Å². The summed E-state index contributed by atoms with van der Waals surface area (Å²) in [6, 6.07) is 18.8. The number of carbonyl (C=O) groups excluding carboxylic acids is 1. The standard InChI is InChI=1S/C23H17ClN2O3/c1-15-3-2-12-26-21(27)13-19(25-23(15)26)14-29-20-10-6-17(7-11-20)22(28)16-4-8-18(24)9-5-16/h2-13H,14H2,1H3. The fourth-order valence-electron chi connectivity index (χ4n) is 3.01. The second-order valence-electron chi connectivity index (χ2n) is 6.62. The maximum atomic E-state index is 12.5. The minimum absolute atomic E-state index is 0.0899. The first kappa shape index (κ1) is 18.9. The third-order valence-corrected chi connectivity index (χ3v) is 4.80. The van der Waals surface area contributed by atoms with Crippen molar-refractivity contribution in [2.75, 3.05) is 0 Å². The first-order valence-electron chi connectivity index (χ1n) is 9.02. The number of hydrogen-bond acceptors (Lipinski definition) is 4. The van der Waals surface area contributed by atoms with Crippen LogP contribution in [0.3, 0.4) is 0 Å². The van der Waals surface area contributed by atoms with Crippen LogP contribution < -0.4 is 10.3 Å². The Morgan fingerprint density at radius 3 is 2.38 bits per heavy atom. The van der Waals surface area contributed by atoms with E-state index in [4.69, 9.17) is 16.3 Å². The lowest BCUT2D eigenvalue weighted by Crippen LogP contribution is -2.17. The number of halogens is 1. The number of aromatic nitrogens is 2. The van der Waals surface area contributed by atoms with Crippen LogP contribution in [0.15, 0.2) is 77.7 Å². The van der Waals surface area contributed by atoms with Crippen molar-refractivity contribution in [2.24, 2.45) is 0 Å². The smallest absolute Gasteiger partial charge is 0.258 e. The number of pyridine rings is 1. The van der Waals surface area contributed by atoms with Crippen molar-refractivity contribution in [3.05, 3.63) is 111 Å². The van der Waals surface area contributed by atoms with E-state index in [2.05, 4.69) is 4.98 Å². The van der Waals surface area contributed by atoms with Gasteiger partial charge in [-0.2, -0.15) is 0 Å². The lowest BCUT2D eigenvalue weighted by atomic mass is 10.0. The Morgan fingerprint density at radius 1 is 1.03 bits per heavy atom. The third-order valence-electron chi connectivity index (χ3n) is 4.55. The molecule has 0 bridgehead atoms. The average Bonchev–Trinajstić information content (AvgIpc) is 2.73. The van der Waals surface area contributed by atoms with Gasteiger partial charge in [0, 0.05) is 28.4 Å². The zero-order chi connectivity index (χ0) is 20.4. The summed E-state index contributed by atoms with van der Waals surface area (Å²) in [5.74, 6) is 0.498. The second kappa shape index (κ2) is 7.89. The molecule has 0 amide bonds. The van der Waals surface area contributed by atoms with Crippen LogP contribution in [-0.4, -0.2) is 15.2 Å². The van der Waals surface area contributed by atoms with Gasteiger partial charge in [0.2, 0.25) is 0 Å². The molecule has 2 aromatic heterocycles. The molecule has 0 aliphatic carbocycles. The van der Waals surface area contributed by atoms with E-state index in [0.717, 1.165) is 5.56 Å². The molecule has 0 N–H and O–H groups in total. The fraction of sp³-hybridized carbons (Fsp3) is 0.0870. The Bertz CT molecular complexity index is 1250. The highest BCUT2D eigenvalue weighted by Gasteiger charge is 2.10. The highest BCUT2D eigenvalue weighted by atomic mass is 35.5. The van der Waals surface area contributed by atoms with Gasteiger partial charge in [0.15, 0.2) is 5.78 Å². The molecule has 0 atom stereocenters. The van der Waals surface area contributed by atoms with Crippen molar-refractivity contribution < 1.29 is 9.53 Å². The molecule has 2 heterocycles. The van der Waals surface area contributed by atoms with Crippen LogP contribution in [0.5, 0.6) is 5.75 Å². The van der Waals surface area contributed by atoms with E-state index in [0.29, 0.717) is 33.2 Å². The highest BCUT2D eigenvalue weighted by molar-refractivity contribution is 6.30. The van der Waals surface area contributed by atoms with Crippen LogP contribution >= 0.6 is 11.6 Å². The predicted molar refractivity (Wildman–Crippen MR) is 112 cm³/mol. The fourth-order valence-corrected chi connectivity index (χ4v) is 3.14. The zero-order valence-electron chi connectivity index (χ0n) is 15.6. The second-order valence-corrected chi connectivity index (χ2v) is 7.06. The van der Waals surface area contributed by atoms with Crippen LogP contribution in [0, 0.1) is 6.92 Å². The van der Waals surface area contributed by atoms with Crippen LogP contribution in [-0.2, 0) is 6.61 Å². The number of benzene rings is 2. The number of carbonyl (C=O) groups is 1. The summed E-state index contributed by atoms with van der Waals surface area (Å²) in [6.45, 7) is 2.06. The van der Waals surface area contributed by atoms with Crippen molar-refractivity contribution in [3.8, 4) is 5.75 Å². The molecule has 4 rings (SSSR count). The zero-order valence-corrected chi connectivity index (χ0v) is 16.4. The maximum Gasteiger partial charge on any atom is 0.258 e. The molecule has 0 aliphatic heterocycles. The number of aryl methyl sites for hydroxylation is 1. The molecule has 5 nitrogen and oxygen atoms in total. The third kappa shape index (κ3) is 4.05. The normalized spacial score (nSPS) is 10.8. The molecule has 0 saturated heterocycles. The Labute approximate surface area is 172 Å². The summed E-state index contributed by atoms with van der Waals surface area (Å²) in [4.78, 5) is 29.3. The van der Waals surface area contributed by atoms with E-state index < -0.39 is 0 Å². The lowest BCUT2D eigenvalue weighted by molar-refractivity contribution is 0.103. The molecule has 0 radical (unpaired) electrons. The van der Waals surface area contributed by atoms with E-state index in [1.807, 2.05) is 19.1 Å². The molecule has 29 heavy (non-hydrogen) atoms. The van der Waals surface area contributed by atoms with Gasteiger partial charge in [-0.1, -0.05) is 17.7 Å². The molecule has 0 fully saturated rings. The molecular formula is C23H17ClN2O3. The molecule has 0 unspecified atom stereocenters. The quantitative estimate of drug-likeness (QED) is 0.460. The number of ether oxygens (including phenoxy) is 1. The highest BCUT2D eigenvalue weighted by Crippen LogP contribution is 2.18. The van der Waals surface area contributed by atoms with Gasteiger partial charge in [-0.3, -0.25) is 14.0 Å². The first-order chi connectivity index (χ1) is 14.0. The van der Waals surface area contributed by atoms with Crippen molar-refractivity contribution in [3.63, 3.8) is 0 Å². The summed E-state index contributed by atoms with van der Waals surface area (Å²) >= 11 is 5.87. The number of hydrogen-bond donors (Lipinski definition) is 0. The minimum Gasteiger partial charge on any atom is -0.487 e. The Balaban J connectivity index is 1.49. The summed E-state index contributed by atoms with van der Waals surface area (Å²) in [7, 11) is 0. The van der Waals surface area contributed by atoms with Crippen molar-refractivity contribution in [2.45, 2.75) is 13.5 Å². The van der Waals surface area contributed by atoms with E-state index in [9.17, 15) is 9.59 Å². The van der Waals surface area contributed by atoms with Crippen molar-refractivity contribution in [1.29, 1.82) is 0 Å². The van der Waals surface area contributed by atoms with E-state index in [1.165, 1.54) is 10.5 Å². The summed E-state index contributed by atoms with van der Waals surface area (Å²) in [6.07, 6.45) is 1.69. The van der Waals surface area contributed by atoms with E-state index in [-0.39, 0.29) is 17.9 Å². The van der Waals surface area contributed by atoms with Gasteiger partial charge in [0.25, 0.3) is 5.56 Å². The van der Waals surface area contributed by atoms with Crippen molar-refractivity contribution >= 4 is 23.0 Å². The van der Waals surface area contributed by atoms with Gasteiger partial charge in [-0.25, -0.2) is 4.98 Å². The minimum atomic E-state index is -0.152. The van der Waals surface area contributed by atoms with Gasteiger partial charge in [0.05, 0.1) is 5.69 Å². The molecule has 6 heteroatoms. The molecule has 0 aliphatic rings. The van der Waals surface area contributed by atoms with Gasteiger partial charge in [0.1, 0.15) is 18.0 Å². The van der Waals surface area contributed by atoms with Crippen molar-refractivity contribution in [1.82, 2.24) is 9.38 Å². The lowest BCUT2D eigenvalue weighted by Gasteiger charge is -2.09. The summed E-state index contributed by atoms with van der Waals surface area (Å²) in [5, 5.41) is 0.586. The summed E-state index contributed by atoms with van der Waals surface area (Å²) < 4.78 is 7.26. The number of rotatable bonds is 5. The molecule has 0 saturated carbocycles. The number of ketones is 1. The largest absolute Gasteiger partial charge is 0.487 e. The molecule has 0 spiro atoms. The van der Waals surface area contributed by atoms with Crippen LogP contribution in [0.4, 0.5) is 0 Å². The molecule has 4 aromatic rings. The summed E-state index contributed by atoms with van der Waals surface area (Å²) in [5.41, 5.74) is 3.04. The van der Waals surface area contributed by atoms with Crippen LogP contribution in [0.25, 0.3) is 5.65 Å². The maximum absolute atomic E-state index is 12.5. The first-order valence-corrected chi connectivity index (χ1v) is 9.40. The van der Waals surface area contributed by atoms with Gasteiger partial charge in [-0.15, -0.1) is 0 Å². The van der Waals surface area contributed by atoms with E-state index >= 15 is 0 Å².